The van der Waals surface area contributed by atoms with Gasteiger partial charge in [-0.3, -0.25) is 4.79 Å². The molecule has 0 unspecified atom stereocenters. The minimum absolute atomic E-state index is 0. The van der Waals surface area contributed by atoms with Gasteiger partial charge in [0.2, 0.25) is 0 Å². The Bertz CT molecular complexity index is 587. The SMILES string of the molecule is Cc1ccc2c(c1)c(C(=O)CCN(C)C)cn2C.Cl. The second-order valence-electron chi connectivity index (χ2n) is 5.15. The molecule has 0 fully saturated rings. The molecule has 0 aliphatic heterocycles. The quantitative estimate of drug-likeness (QED) is 0.805. The van der Waals surface area contributed by atoms with E-state index in [4.69, 9.17) is 0 Å². The molecule has 0 amide bonds. The van der Waals surface area contributed by atoms with Gasteiger partial charge in [0.15, 0.2) is 5.78 Å². The van der Waals surface area contributed by atoms with Crippen LogP contribution in [0.3, 0.4) is 0 Å². The van der Waals surface area contributed by atoms with E-state index in [1.54, 1.807) is 0 Å². The van der Waals surface area contributed by atoms with Crippen molar-refractivity contribution in [1.82, 2.24) is 9.47 Å². The van der Waals surface area contributed by atoms with Crippen LogP contribution in [0.5, 0.6) is 0 Å². The zero-order chi connectivity index (χ0) is 13.3. The third-order valence-corrected chi connectivity index (χ3v) is 3.23. The van der Waals surface area contributed by atoms with Crippen LogP contribution < -0.4 is 0 Å². The van der Waals surface area contributed by atoms with Crippen LogP contribution in [0.1, 0.15) is 22.3 Å². The second kappa shape index (κ2) is 6.22. The first-order valence-electron chi connectivity index (χ1n) is 6.22. The van der Waals surface area contributed by atoms with Crippen LogP contribution in [0, 0.1) is 6.92 Å². The lowest BCUT2D eigenvalue weighted by molar-refractivity contribution is 0.0974. The van der Waals surface area contributed by atoms with E-state index < -0.39 is 0 Å². The molecule has 1 aromatic carbocycles. The van der Waals surface area contributed by atoms with Crippen molar-refractivity contribution in [2.45, 2.75) is 13.3 Å². The van der Waals surface area contributed by atoms with Gasteiger partial charge in [-0.05, 0) is 33.2 Å². The van der Waals surface area contributed by atoms with Gasteiger partial charge in [0.05, 0.1) is 0 Å². The number of aromatic nitrogens is 1. The summed E-state index contributed by atoms with van der Waals surface area (Å²) in [4.78, 5) is 14.3. The molecule has 104 valence electrons. The second-order valence-corrected chi connectivity index (χ2v) is 5.15. The summed E-state index contributed by atoms with van der Waals surface area (Å²) in [6.07, 6.45) is 2.52. The number of benzene rings is 1. The van der Waals surface area contributed by atoms with Crippen molar-refractivity contribution in [2.24, 2.45) is 7.05 Å². The summed E-state index contributed by atoms with van der Waals surface area (Å²) < 4.78 is 2.03. The van der Waals surface area contributed by atoms with Crippen LogP contribution in [-0.2, 0) is 7.05 Å². The minimum atomic E-state index is 0. The maximum absolute atomic E-state index is 12.2. The Labute approximate surface area is 120 Å². The highest BCUT2D eigenvalue weighted by molar-refractivity contribution is 6.08. The standard InChI is InChI=1S/C15H20N2O.ClH/c1-11-5-6-14-12(9-11)13(10-17(14)4)15(18)7-8-16(2)3;/h5-6,9-10H,7-8H2,1-4H3;1H. The first-order valence-corrected chi connectivity index (χ1v) is 6.22. The van der Waals surface area contributed by atoms with Crippen LogP contribution in [0.4, 0.5) is 0 Å². The summed E-state index contributed by atoms with van der Waals surface area (Å²) in [5, 5.41) is 1.07. The molecule has 0 saturated heterocycles. The minimum Gasteiger partial charge on any atom is -0.350 e. The zero-order valence-corrected chi connectivity index (χ0v) is 12.8. The number of carbonyl (C=O) groups is 1. The lowest BCUT2D eigenvalue weighted by atomic mass is 10.1. The van der Waals surface area contributed by atoms with E-state index in [0.29, 0.717) is 6.42 Å². The highest BCUT2D eigenvalue weighted by Crippen LogP contribution is 2.23. The first kappa shape index (κ1) is 15.7. The van der Waals surface area contributed by atoms with E-state index in [0.717, 1.165) is 23.0 Å². The number of ketones is 1. The largest absolute Gasteiger partial charge is 0.350 e. The van der Waals surface area contributed by atoms with E-state index >= 15 is 0 Å². The molecule has 2 aromatic rings. The van der Waals surface area contributed by atoms with Crippen LogP contribution in [0.15, 0.2) is 24.4 Å². The third kappa shape index (κ3) is 3.37. The van der Waals surface area contributed by atoms with Gasteiger partial charge < -0.3 is 9.47 Å². The monoisotopic (exact) mass is 280 g/mol. The number of halogens is 1. The molecule has 0 saturated carbocycles. The molecule has 2 rings (SSSR count). The Morgan fingerprint density at radius 2 is 2.00 bits per heavy atom. The first-order chi connectivity index (χ1) is 8.49. The summed E-state index contributed by atoms with van der Waals surface area (Å²) in [6, 6.07) is 6.25. The molecule has 1 aromatic heterocycles. The molecule has 0 aliphatic carbocycles. The molecule has 3 nitrogen and oxygen atoms in total. The van der Waals surface area contributed by atoms with Crippen LogP contribution in [0.2, 0.25) is 0 Å². The van der Waals surface area contributed by atoms with Crippen LogP contribution >= 0.6 is 12.4 Å². The van der Waals surface area contributed by atoms with Gasteiger partial charge in [-0.1, -0.05) is 11.6 Å². The van der Waals surface area contributed by atoms with Gasteiger partial charge in [-0.25, -0.2) is 0 Å². The van der Waals surface area contributed by atoms with Gasteiger partial charge in [-0.2, -0.15) is 0 Å². The van der Waals surface area contributed by atoms with Crippen molar-refractivity contribution < 1.29 is 4.79 Å². The van der Waals surface area contributed by atoms with Gasteiger partial charge in [0.25, 0.3) is 0 Å². The molecule has 0 N–H and O–H groups in total. The Balaban J connectivity index is 0.00000180. The molecule has 19 heavy (non-hydrogen) atoms. The van der Waals surface area contributed by atoms with Gasteiger partial charge in [0.1, 0.15) is 0 Å². The maximum Gasteiger partial charge on any atom is 0.166 e. The summed E-state index contributed by atoms with van der Waals surface area (Å²) in [7, 11) is 5.96. The third-order valence-electron chi connectivity index (χ3n) is 3.23. The Hall–Kier alpha value is -1.32. The van der Waals surface area contributed by atoms with Crippen molar-refractivity contribution in [3.8, 4) is 0 Å². The molecule has 4 heteroatoms. The summed E-state index contributed by atoms with van der Waals surface area (Å²) in [5.41, 5.74) is 3.15. The summed E-state index contributed by atoms with van der Waals surface area (Å²) >= 11 is 0. The van der Waals surface area contributed by atoms with E-state index in [-0.39, 0.29) is 18.2 Å². The van der Waals surface area contributed by atoms with Crippen molar-refractivity contribution in [1.29, 1.82) is 0 Å². The lowest BCUT2D eigenvalue weighted by Gasteiger charge is -2.07. The number of rotatable bonds is 4. The maximum atomic E-state index is 12.2. The predicted molar refractivity (Wildman–Crippen MR) is 82.4 cm³/mol. The smallest absolute Gasteiger partial charge is 0.166 e. The number of hydrogen-bond donors (Lipinski definition) is 0. The highest BCUT2D eigenvalue weighted by atomic mass is 35.5. The molecular formula is C15H21ClN2O. The number of hydrogen-bond acceptors (Lipinski definition) is 2. The average Bonchev–Trinajstić information content (AvgIpc) is 2.63. The summed E-state index contributed by atoms with van der Waals surface area (Å²) in [6.45, 7) is 2.85. The zero-order valence-electron chi connectivity index (χ0n) is 11.9. The Kier molecular flexibility index (Phi) is 5.15. The van der Waals surface area contributed by atoms with Gasteiger partial charge in [0, 0.05) is 42.7 Å². The average molecular weight is 281 g/mol. The number of Topliss-reactive ketones (excluding diaryl/α,β-unsaturated/α-hetero) is 1. The number of aryl methyl sites for hydroxylation is 2. The van der Waals surface area contributed by atoms with Crippen LogP contribution in [-0.4, -0.2) is 35.9 Å². The normalized spacial score (nSPS) is 10.8. The molecule has 0 atom stereocenters. The topological polar surface area (TPSA) is 25.2 Å². The summed E-state index contributed by atoms with van der Waals surface area (Å²) in [5.74, 6) is 0.222. The lowest BCUT2D eigenvalue weighted by Crippen LogP contribution is -2.16. The molecule has 1 heterocycles. The molecular weight excluding hydrogens is 260 g/mol. The van der Waals surface area contributed by atoms with Crippen molar-refractivity contribution in [3.05, 3.63) is 35.5 Å². The molecule has 0 radical (unpaired) electrons. The van der Waals surface area contributed by atoms with Gasteiger partial charge in [-0.15, -0.1) is 12.4 Å². The van der Waals surface area contributed by atoms with E-state index in [9.17, 15) is 4.79 Å². The number of carbonyl (C=O) groups excluding carboxylic acids is 1. The Morgan fingerprint density at radius 1 is 1.32 bits per heavy atom. The van der Waals surface area contributed by atoms with Crippen molar-refractivity contribution in [2.75, 3.05) is 20.6 Å². The van der Waals surface area contributed by atoms with Gasteiger partial charge >= 0.3 is 0 Å². The molecule has 0 bridgehead atoms. The van der Waals surface area contributed by atoms with E-state index in [1.807, 2.05) is 36.8 Å². The van der Waals surface area contributed by atoms with E-state index in [1.165, 1.54) is 5.56 Å². The molecule has 0 aliphatic rings. The fourth-order valence-electron chi connectivity index (χ4n) is 2.19. The van der Waals surface area contributed by atoms with Crippen molar-refractivity contribution >= 4 is 29.1 Å². The van der Waals surface area contributed by atoms with Crippen molar-refractivity contribution in [3.63, 3.8) is 0 Å². The fraction of sp³-hybridized carbons (Fsp3) is 0.400. The molecule has 0 spiro atoms. The fourth-order valence-corrected chi connectivity index (χ4v) is 2.19. The number of fused-ring (bicyclic) bond motifs is 1. The highest BCUT2D eigenvalue weighted by Gasteiger charge is 2.13. The van der Waals surface area contributed by atoms with Crippen LogP contribution in [0.25, 0.3) is 10.9 Å². The predicted octanol–water partition coefficient (Wildman–Crippen LogP) is 3.04. The Morgan fingerprint density at radius 3 is 2.63 bits per heavy atom. The number of nitrogens with zero attached hydrogens (tertiary/aromatic N) is 2. The van der Waals surface area contributed by atoms with E-state index in [2.05, 4.69) is 25.1 Å².